The third kappa shape index (κ3) is 2.01. The molecule has 1 aromatic heterocycles. The van der Waals surface area contributed by atoms with E-state index >= 15 is 0 Å². The fourth-order valence-electron chi connectivity index (χ4n) is 3.25. The highest BCUT2D eigenvalue weighted by atomic mass is 15.2. The molecule has 0 bridgehead atoms. The van der Waals surface area contributed by atoms with Crippen molar-refractivity contribution in [3.63, 3.8) is 0 Å². The van der Waals surface area contributed by atoms with Crippen LogP contribution in [-0.4, -0.2) is 33.6 Å². The topological polar surface area (TPSA) is 21.1 Å². The summed E-state index contributed by atoms with van der Waals surface area (Å²) in [6.45, 7) is 8.23. The molecule has 2 aliphatic rings. The summed E-state index contributed by atoms with van der Waals surface area (Å²) < 4.78 is 2.50. The maximum atomic E-state index is 4.71. The Morgan fingerprint density at radius 2 is 2.18 bits per heavy atom. The normalized spacial score (nSPS) is 25.5. The Hall–Kier alpha value is -0.830. The summed E-state index contributed by atoms with van der Waals surface area (Å²) in [6.07, 6.45) is 7.31. The van der Waals surface area contributed by atoms with Crippen LogP contribution in [-0.2, 0) is 13.0 Å². The van der Waals surface area contributed by atoms with Gasteiger partial charge in [-0.1, -0.05) is 0 Å². The summed E-state index contributed by atoms with van der Waals surface area (Å²) in [6, 6.07) is 0.677. The summed E-state index contributed by atoms with van der Waals surface area (Å²) in [5.41, 5.74) is 1.47. The van der Waals surface area contributed by atoms with Crippen LogP contribution in [0.1, 0.15) is 50.5 Å². The lowest BCUT2D eigenvalue weighted by molar-refractivity contribution is 0.271. The molecule has 0 amide bonds. The van der Waals surface area contributed by atoms with Gasteiger partial charge in [0.15, 0.2) is 0 Å². The molecule has 3 heterocycles. The van der Waals surface area contributed by atoms with Crippen molar-refractivity contribution < 1.29 is 0 Å². The Morgan fingerprint density at radius 1 is 1.29 bits per heavy atom. The van der Waals surface area contributed by atoms with Gasteiger partial charge in [-0.25, -0.2) is 4.98 Å². The van der Waals surface area contributed by atoms with Crippen LogP contribution in [0.3, 0.4) is 0 Å². The fraction of sp³-hybridized carbons (Fsp3) is 0.786. The first kappa shape index (κ1) is 11.3. The maximum absolute atomic E-state index is 4.71. The summed E-state index contributed by atoms with van der Waals surface area (Å²) in [4.78, 5) is 7.29. The van der Waals surface area contributed by atoms with E-state index in [0.717, 1.165) is 0 Å². The van der Waals surface area contributed by atoms with Gasteiger partial charge in [-0.2, -0.15) is 0 Å². The molecule has 17 heavy (non-hydrogen) atoms. The van der Waals surface area contributed by atoms with Crippen LogP contribution >= 0.6 is 0 Å². The van der Waals surface area contributed by atoms with E-state index in [-0.39, 0.29) is 0 Å². The monoisotopic (exact) mass is 233 g/mol. The van der Waals surface area contributed by atoms with E-state index in [1.807, 2.05) is 0 Å². The zero-order valence-electron chi connectivity index (χ0n) is 11.0. The van der Waals surface area contributed by atoms with E-state index in [1.165, 1.54) is 56.8 Å². The number of hydrogen-bond acceptors (Lipinski definition) is 2. The van der Waals surface area contributed by atoms with Crippen LogP contribution in [0.2, 0.25) is 0 Å². The molecule has 0 saturated carbocycles. The van der Waals surface area contributed by atoms with Crippen LogP contribution < -0.4 is 0 Å². The van der Waals surface area contributed by atoms with Gasteiger partial charge in [-0.15, -0.1) is 0 Å². The zero-order valence-corrected chi connectivity index (χ0v) is 11.0. The summed E-state index contributed by atoms with van der Waals surface area (Å²) in [5.74, 6) is 2.03. The van der Waals surface area contributed by atoms with E-state index in [1.54, 1.807) is 0 Å². The van der Waals surface area contributed by atoms with Crippen molar-refractivity contribution >= 4 is 0 Å². The number of imidazole rings is 1. The molecule has 1 atom stereocenters. The molecule has 2 aliphatic heterocycles. The SMILES string of the molecule is CC(C)N1CCC(c2ncc3n2CCCC3)C1. The van der Waals surface area contributed by atoms with Crippen LogP contribution in [0, 0.1) is 0 Å². The van der Waals surface area contributed by atoms with Crippen LogP contribution in [0.5, 0.6) is 0 Å². The van der Waals surface area contributed by atoms with Crippen molar-refractivity contribution in [3.05, 3.63) is 17.7 Å². The summed E-state index contributed by atoms with van der Waals surface area (Å²) in [5, 5.41) is 0. The average molecular weight is 233 g/mol. The van der Waals surface area contributed by atoms with Gasteiger partial charge in [0.1, 0.15) is 5.82 Å². The van der Waals surface area contributed by atoms with Crippen LogP contribution in [0.4, 0.5) is 0 Å². The summed E-state index contributed by atoms with van der Waals surface area (Å²) >= 11 is 0. The molecule has 0 radical (unpaired) electrons. The minimum atomic E-state index is 0.671. The molecule has 3 heteroatoms. The second-order valence-corrected chi connectivity index (χ2v) is 5.79. The average Bonchev–Trinajstić information content (AvgIpc) is 2.95. The van der Waals surface area contributed by atoms with Crippen molar-refractivity contribution in [2.75, 3.05) is 13.1 Å². The second kappa shape index (κ2) is 4.45. The predicted octanol–water partition coefficient (Wildman–Crippen LogP) is 2.42. The number of rotatable bonds is 2. The van der Waals surface area contributed by atoms with E-state index < -0.39 is 0 Å². The van der Waals surface area contributed by atoms with Crippen LogP contribution in [0.15, 0.2) is 6.20 Å². The lowest BCUT2D eigenvalue weighted by Gasteiger charge is -2.21. The van der Waals surface area contributed by atoms with Crippen molar-refractivity contribution in [2.45, 2.75) is 58.0 Å². The van der Waals surface area contributed by atoms with Gasteiger partial charge in [0.2, 0.25) is 0 Å². The van der Waals surface area contributed by atoms with Crippen molar-refractivity contribution in [1.29, 1.82) is 0 Å². The van der Waals surface area contributed by atoms with Gasteiger partial charge in [0.25, 0.3) is 0 Å². The van der Waals surface area contributed by atoms with Gasteiger partial charge < -0.3 is 9.47 Å². The first-order chi connectivity index (χ1) is 8.25. The zero-order chi connectivity index (χ0) is 11.8. The minimum Gasteiger partial charge on any atom is -0.332 e. The molecule has 3 nitrogen and oxygen atoms in total. The van der Waals surface area contributed by atoms with E-state index in [0.29, 0.717) is 12.0 Å². The molecule has 1 unspecified atom stereocenters. The highest BCUT2D eigenvalue weighted by Crippen LogP contribution is 2.29. The highest BCUT2D eigenvalue weighted by molar-refractivity contribution is 5.13. The Kier molecular flexibility index (Phi) is 2.95. The lowest BCUT2D eigenvalue weighted by Crippen LogP contribution is -2.28. The molecule has 1 aromatic rings. The minimum absolute atomic E-state index is 0.671. The number of hydrogen-bond donors (Lipinski definition) is 0. The first-order valence-electron chi connectivity index (χ1n) is 7.04. The molecular weight excluding hydrogens is 210 g/mol. The molecule has 0 aliphatic carbocycles. The van der Waals surface area contributed by atoms with Crippen molar-refractivity contribution in [3.8, 4) is 0 Å². The van der Waals surface area contributed by atoms with Gasteiger partial charge in [0.05, 0.1) is 0 Å². The lowest BCUT2D eigenvalue weighted by atomic mass is 10.1. The second-order valence-electron chi connectivity index (χ2n) is 5.79. The molecular formula is C14H23N3. The Labute approximate surface area is 104 Å². The molecule has 1 fully saturated rings. The van der Waals surface area contributed by atoms with Gasteiger partial charge in [-0.05, 0) is 46.1 Å². The molecule has 0 spiro atoms. The predicted molar refractivity (Wildman–Crippen MR) is 69.2 cm³/mol. The van der Waals surface area contributed by atoms with Crippen LogP contribution in [0.25, 0.3) is 0 Å². The number of aromatic nitrogens is 2. The molecule has 1 saturated heterocycles. The smallest absolute Gasteiger partial charge is 0.113 e. The summed E-state index contributed by atoms with van der Waals surface area (Å²) in [7, 11) is 0. The van der Waals surface area contributed by atoms with Gasteiger partial charge in [-0.3, -0.25) is 0 Å². The number of aryl methyl sites for hydroxylation is 1. The maximum Gasteiger partial charge on any atom is 0.113 e. The largest absolute Gasteiger partial charge is 0.332 e. The Morgan fingerprint density at radius 3 is 2.94 bits per heavy atom. The molecule has 3 rings (SSSR count). The van der Waals surface area contributed by atoms with E-state index in [4.69, 9.17) is 4.98 Å². The Balaban J connectivity index is 1.79. The number of likely N-dealkylation sites (tertiary alicyclic amines) is 1. The number of fused-ring (bicyclic) bond motifs is 1. The van der Waals surface area contributed by atoms with Gasteiger partial charge in [0, 0.05) is 36.9 Å². The number of nitrogens with zero attached hydrogens (tertiary/aromatic N) is 3. The van der Waals surface area contributed by atoms with Crippen molar-refractivity contribution in [2.24, 2.45) is 0 Å². The third-order valence-corrected chi connectivity index (χ3v) is 4.35. The van der Waals surface area contributed by atoms with Gasteiger partial charge >= 0.3 is 0 Å². The Bertz CT molecular complexity index is 394. The highest BCUT2D eigenvalue weighted by Gasteiger charge is 2.29. The van der Waals surface area contributed by atoms with E-state index in [9.17, 15) is 0 Å². The standard InChI is InChI=1S/C14H23N3/c1-11(2)16-8-6-12(10-16)14-15-9-13-5-3-4-7-17(13)14/h9,11-12H,3-8,10H2,1-2H3. The molecule has 0 aromatic carbocycles. The fourth-order valence-corrected chi connectivity index (χ4v) is 3.25. The van der Waals surface area contributed by atoms with Crippen molar-refractivity contribution in [1.82, 2.24) is 14.5 Å². The third-order valence-electron chi connectivity index (χ3n) is 4.35. The quantitative estimate of drug-likeness (QED) is 0.782. The molecule has 0 N–H and O–H groups in total. The molecule has 94 valence electrons. The van der Waals surface area contributed by atoms with E-state index in [2.05, 4.69) is 29.5 Å². The first-order valence-corrected chi connectivity index (χ1v) is 7.04.